The van der Waals surface area contributed by atoms with E-state index in [1.165, 1.54) is 0 Å². The molecule has 0 aliphatic carbocycles. The van der Waals surface area contributed by atoms with Crippen LogP contribution in [0.25, 0.3) is 11.0 Å². The summed E-state index contributed by atoms with van der Waals surface area (Å²) in [5.74, 6) is 1.83. The quantitative estimate of drug-likeness (QED) is 0.547. The Morgan fingerprint density at radius 1 is 1.23 bits per heavy atom. The van der Waals surface area contributed by atoms with Crippen LogP contribution in [-0.4, -0.2) is 35.3 Å². The number of nitrogens with two attached hydrogens (primary N) is 1. The summed E-state index contributed by atoms with van der Waals surface area (Å²) in [5.41, 5.74) is 8.17. The molecule has 0 aromatic carbocycles. The second-order valence-electron chi connectivity index (χ2n) is 6.21. The summed E-state index contributed by atoms with van der Waals surface area (Å²) in [6.07, 6.45) is 8.97. The van der Waals surface area contributed by atoms with Crippen LogP contribution in [0.3, 0.4) is 0 Å². The van der Waals surface area contributed by atoms with Crippen molar-refractivity contribution in [3.05, 3.63) is 42.4 Å². The molecule has 0 amide bonds. The Hall–Kier alpha value is -3.56. The SMILES string of the molecule is CC1NC=C(N)C=C1Nc1nn(C)c2nc(Nc3cn(C)cn3)ncc12. The van der Waals surface area contributed by atoms with E-state index in [9.17, 15) is 0 Å². The van der Waals surface area contributed by atoms with Gasteiger partial charge in [0.05, 0.1) is 17.8 Å². The van der Waals surface area contributed by atoms with Crippen LogP contribution in [0.15, 0.2) is 42.4 Å². The minimum Gasteiger partial charge on any atom is -0.398 e. The fourth-order valence-corrected chi connectivity index (χ4v) is 2.72. The predicted molar refractivity (Wildman–Crippen MR) is 99.4 cm³/mol. The van der Waals surface area contributed by atoms with Crippen molar-refractivity contribution in [1.29, 1.82) is 0 Å². The molecular weight excluding hydrogens is 332 g/mol. The zero-order chi connectivity index (χ0) is 18.3. The van der Waals surface area contributed by atoms with Crippen molar-refractivity contribution < 1.29 is 0 Å². The van der Waals surface area contributed by atoms with Gasteiger partial charge in [-0.15, -0.1) is 0 Å². The molecule has 1 aliphatic heterocycles. The van der Waals surface area contributed by atoms with Gasteiger partial charge in [-0.05, 0) is 13.0 Å². The molecule has 1 unspecified atom stereocenters. The van der Waals surface area contributed by atoms with Crippen LogP contribution < -0.4 is 21.7 Å². The zero-order valence-electron chi connectivity index (χ0n) is 14.7. The molecule has 3 aromatic rings. The van der Waals surface area contributed by atoms with Crippen LogP contribution in [0, 0.1) is 0 Å². The lowest BCUT2D eigenvalue weighted by molar-refractivity contribution is 0.710. The van der Waals surface area contributed by atoms with Crippen LogP contribution in [0.4, 0.5) is 17.6 Å². The zero-order valence-corrected chi connectivity index (χ0v) is 14.7. The highest BCUT2D eigenvalue weighted by Gasteiger charge is 2.17. The maximum Gasteiger partial charge on any atom is 0.230 e. The average molecular weight is 352 g/mol. The number of dihydropyridines is 1. The van der Waals surface area contributed by atoms with Gasteiger partial charge in [-0.2, -0.15) is 10.1 Å². The number of fused-ring (bicyclic) bond motifs is 1. The molecule has 5 N–H and O–H groups in total. The second-order valence-corrected chi connectivity index (χ2v) is 6.21. The van der Waals surface area contributed by atoms with Gasteiger partial charge < -0.3 is 26.3 Å². The Bertz CT molecular complexity index is 1030. The molecule has 0 radical (unpaired) electrons. The summed E-state index contributed by atoms with van der Waals surface area (Å²) in [4.78, 5) is 13.1. The fourth-order valence-electron chi connectivity index (χ4n) is 2.72. The van der Waals surface area contributed by atoms with Crippen molar-refractivity contribution in [2.75, 3.05) is 10.6 Å². The molecule has 3 aromatic heterocycles. The number of imidazole rings is 1. The van der Waals surface area contributed by atoms with Crippen molar-refractivity contribution in [1.82, 2.24) is 34.6 Å². The summed E-state index contributed by atoms with van der Waals surface area (Å²) in [7, 11) is 3.75. The van der Waals surface area contributed by atoms with Crippen LogP contribution in [0.5, 0.6) is 0 Å². The molecule has 26 heavy (non-hydrogen) atoms. The van der Waals surface area contributed by atoms with Gasteiger partial charge in [-0.25, -0.2) is 14.6 Å². The summed E-state index contributed by atoms with van der Waals surface area (Å²) in [6.45, 7) is 2.04. The Kier molecular flexibility index (Phi) is 3.72. The van der Waals surface area contributed by atoms with E-state index in [-0.39, 0.29) is 6.04 Å². The molecule has 0 bridgehead atoms. The van der Waals surface area contributed by atoms with Gasteiger partial charge in [0.2, 0.25) is 5.95 Å². The van der Waals surface area contributed by atoms with Crippen LogP contribution >= 0.6 is 0 Å². The molecule has 0 fully saturated rings. The van der Waals surface area contributed by atoms with Gasteiger partial charge >= 0.3 is 0 Å². The Morgan fingerprint density at radius 2 is 2.08 bits per heavy atom. The number of allylic oxidation sites excluding steroid dienone is 1. The molecule has 0 saturated heterocycles. The monoisotopic (exact) mass is 352 g/mol. The van der Waals surface area contributed by atoms with E-state index in [2.05, 4.69) is 36.0 Å². The van der Waals surface area contributed by atoms with Crippen LogP contribution in [-0.2, 0) is 14.1 Å². The number of hydrogen-bond donors (Lipinski definition) is 4. The first-order valence-corrected chi connectivity index (χ1v) is 8.14. The molecular formula is C16H20N10. The lowest BCUT2D eigenvalue weighted by Gasteiger charge is -2.21. The molecule has 0 saturated carbocycles. The molecule has 4 rings (SSSR count). The largest absolute Gasteiger partial charge is 0.398 e. The van der Waals surface area contributed by atoms with E-state index in [4.69, 9.17) is 5.73 Å². The molecule has 4 heterocycles. The smallest absolute Gasteiger partial charge is 0.230 e. The van der Waals surface area contributed by atoms with E-state index in [0.717, 1.165) is 11.1 Å². The third kappa shape index (κ3) is 2.92. The highest BCUT2D eigenvalue weighted by atomic mass is 15.3. The van der Waals surface area contributed by atoms with Crippen molar-refractivity contribution in [2.24, 2.45) is 19.8 Å². The van der Waals surface area contributed by atoms with E-state index in [0.29, 0.717) is 28.9 Å². The van der Waals surface area contributed by atoms with Gasteiger partial charge in [0.1, 0.15) is 0 Å². The van der Waals surface area contributed by atoms with Gasteiger partial charge in [0.25, 0.3) is 0 Å². The first kappa shape index (κ1) is 15.9. The number of aryl methyl sites for hydroxylation is 2. The van der Waals surface area contributed by atoms with Crippen molar-refractivity contribution in [3.8, 4) is 0 Å². The minimum atomic E-state index is 0.102. The number of nitrogens with zero attached hydrogens (tertiary/aromatic N) is 6. The number of aromatic nitrogens is 6. The predicted octanol–water partition coefficient (Wildman–Crippen LogP) is 0.928. The highest BCUT2D eigenvalue weighted by molar-refractivity contribution is 5.88. The van der Waals surface area contributed by atoms with E-state index in [1.54, 1.807) is 23.4 Å². The molecule has 10 heteroatoms. The van der Waals surface area contributed by atoms with E-state index >= 15 is 0 Å². The summed E-state index contributed by atoms with van der Waals surface area (Å²) >= 11 is 0. The van der Waals surface area contributed by atoms with Crippen molar-refractivity contribution >= 4 is 28.6 Å². The van der Waals surface area contributed by atoms with Gasteiger partial charge in [0, 0.05) is 44.1 Å². The summed E-state index contributed by atoms with van der Waals surface area (Å²) < 4.78 is 3.56. The summed E-state index contributed by atoms with van der Waals surface area (Å²) in [6, 6.07) is 0.102. The van der Waals surface area contributed by atoms with Gasteiger partial charge in [-0.3, -0.25) is 0 Å². The number of nitrogens with one attached hydrogen (secondary N) is 3. The number of rotatable bonds is 4. The summed E-state index contributed by atoms with van der Waals surface area (Å²) in [5, 5.41) is 14.9. The van der Waals surface area contributed by atoms with Crippen LogP contribution in [0.2, 0.25) is 0 Å². The Balaban J connectivity index is 1.64. The molecule has 1 aliphatic rings. The second kappa shape index (κ2) is 6.06. The maximum atomic E-state index is 5.87. The Labute approximate surface area is 149 Å². The maximum absolute atomic E-state index is 5.87. The average Bonchev–Trinajstić information content (AvgIpc) is 3.15. The van der Waals surface area contributed by atoms with E-state index in [1.807, 2.05) is 37.9 Å². The molecule has 1 atom stereocenters. The van der Waals surface area contributed by atoms with E-state index < -0.39 is 0 Å². The lowest BCUT2D eigenvalue weighted by atomic mass is 10.1. The first-order valence-electron chi connectivity index (χ1n) is 8.14. The first-order chi connectivity index (χ1) is 12.5. The third-order valence-corrected chi connectivity index (χ3v) is 4.08. The fraction of sp³-hybridized carbons (Fsp3) is 0.250. The normalized spacial score (nSPS) is 16.8. The third-order valence-electron chi connectivity index (χ3n) is 4.08. The molecule has 0 spiro atoms. The van der Waals surface area contributed by atoms with Gasteiger partial charge in [-0.1, -0.05) is 0 Å². The highest BCUT2D eigenvalue weighted by Crippen LogP contribution is 2.24. The molecule has 134 valence electrons. The molecule has 10 nitrogen and oxygen atoms in total. The Morgan fingerprint density at radius 3 is 2.85 bits per heavy atom. The number of hydrogen-bond acceptors (Lipinski definition) is 8. The van der Waals surface area contributed by atoms with Crippen LogP contribution in [0.1, 0.15) is 6.92 Å². The lowest BCUT2D eigenvalue weighted by Crippen LogP contribution is -2.31. The van der Waals surface area contributed by atoms with Crippen molar-refractivity contribution in [3.63, 3.8) is 0 Å². The number of anilines is 3. The van der Waals surface area contributed by atoms with Gasteiger partial charge in [0.15, 0.2) is 17.3 Å². The standard InChI is InChI=1S/C16H20N10/c1-9-12(4-10(17)5-18-9)21-14-11-6-19-16(23-15(11)26(3)24-14)22-13-7-25(2)8-20-13/h4-9,18H,17H2,1-3H3,(H,21,24)(H,19,22,23). The topological polar surface area (TPSA) is 124 Å². The van der Waals surface area contributed by atoms with Crippen molar-refractivity contribution in [2.45, 2.75) is 13.0 Å². The minimum absolute atomic E-state index is 0.102.